The molecular formula is C18H23Cl2N3O2. The van der Waals surface area contributed by atoms with Crippen LogP contribution in [0.25, 0.3) is 11.0 Å². The summed E-state index contributed by atoms with van der Waals surface area (Å²) in [5.41, 5.74) is 1.60. The predicted molar refractivity (Wildman–Crippen MR) is 102 cm³/mol. The van der Waals surface area contributed by atoms with Gasteiger partial charge in [0.15, 0.2) is 5.76 Å². The summed E-state index contributed by atoms with van der Waals surface area (Å²) in [6, 6.07) is 5.95. The van der Waals surface area contributed by atoms with Gasteiger partial charge in [-0.05, 0) is 31.5 Å². The fourth-order valence-electron chi connectivity index (χ4n) is 3.81. The molecule has 25 heavy (non-hydrogen) atoms. The Kier molecular flexibility index (Phi) is 5.58. The Balaban J connectivity index is 0.00000182. The van der Waals surface area contributed by atoms with Crippen molar-refractivity contribution in [3.63, 3.8) is 0 Å². The van der Waals surface area contributed by atoms with Crippen molar-refractivity contribution >= 4 is 40.9 Å². The van der Waals surface area contributed by atoms with Gasteiger partial charge in [-0.3, -0.25) is 9.69 Å². The average Bonchev–Trinajstić information content (AvgIpc) is 3.21. The highest BCUT2D eigenvalue weighted by Gasteiger charge is 2.33. The van der Waals surface area contributed by atoms with Gasteiger partial charge < -0.3 is 14.6 Å². The van der Waals surface area contributed by atoms with Crippen LogP contribution >= 0.6 is 24.0 Å². The van der Waals surface area contributed by atoms with Gasteiger partial charge in [0.25, 0.3) is 5.91 Å². The maximum Gasteiger partial charge on any atom is 0.289 e. The van der Waals surface area contributed by atoms with E-state index >= 15 is 0 Å². The summed E-state index contributed by atoms with van der Waals surface area (Å²) in [6.07, 6.45) is 1.04. The summed E-state index contributed by atoms with van der Waals surface area (Å²) in [4.78, 5) is 17.3. The minimum atomic E-state index is -0.00235. The van der Waals surface area contributed by atoms with E-state index in [0.29, 0.717) is 16.8 Å². The highest BCUT2D eigenvalue weighted by Crippen LogP contribution is 2.29. The van der Waals surface area contributed by atoms with Crippen LogP contribution in [0.2, 0.25) is 5.02 Å². The lowest BCUT2D eigenvalue weighted by Crippen LogP contribution is -2.49. The zero-order valence-corrected chi connectivity index (χ0v) is 15.8. The topological polar surface area (TPSA) is 48.7 Å². The van der Waals surface area contributed by atoms with E-state index in [4.69, 9.17) is 16.0 Å². The van der Waals surface area contributed by atoms with Gasteiger partial charge in [-0.2, -0.15) is 0 Å². The summed E-state index contributed by atoms with van der Waals surface area (Å²) in [5, 5.41) is 4.95. The summed E-state index contributed by atoms with van der Waals surface area (Å²) >= 11 is 6.06. The van der Waals surface area contributed by atoms with Crippen LogP contribution < -0.4 is 5.32 Å². The second kappa shape index (κ2) is 7.54. The molecule has 136 valence electrons. The quantitative estimate of drug-likeness (QED) is 0.865. The van der Waals surface area contributed by atoms with Crippen molar-refractivity contribution < 1.29 is 9.21 Å². The monoisotopic (exact) mass is 383 g/mol. The number of hydrogen-bond donors (Lipinski definition) is 1. The fraction of sp³-hybridized carbons (Fsp3) is 0.500. The van der Waals surface area contributed by atoms with Crippen LogP contribution in [0.4, 0.5) is 0 Å². The number of hydrogen-bond acceptors (Lipinski definition) is 4. The van der Waals surface area contributed by atoms with Gasteiger partial charge in [0, 0.05) is 61.3 Å². The lowest BCUT2D eigenvalue weighted by molar-refractivity contribution is 0.0743. The van der Waals surface area contributed by atoms with E-state index in [2.05, 4.69) is 10.2 Å². The lowest BCUT2D eigenvalue weighted by atomic mass is 10.1. The van der Waals surface area contributed by atoms with E-state index in [1.165, 1.54) is 0 Å². The number of piperazine rings is 1. The van der Waals surface area contributed by atoms with Crippen molar-refractivity contribution in [1.82, 2.24) is 15.1 Å². The Morgan fingerprint density at radius 2 is 2.04 bits per heavy atom. The molecule has 2 fully saturated rings. The van der Waals surface area contributed by atoms with Gasteiger partial charge >= 0.3 is 0 Å². The number of carbonyl (C=O) groups excluding carboxylic acids is 1. The van der Waals surface area contributed by atoms with Crippen LogP contribution in [-0.2, 0) is 0 Å². The van der Waals surface area contributed by atoms with Gasteiger partial charge in [0.2, 0.25) is 0 Å². The molecule has 5 nitrogen and oxygen atoms in total. The number of nitrogens with zero attached hydrogens (tertiary/aromatic N) is 2. The van der Waals surface area contributed by atoms with E-state index < -0.39 is 0 Å². The first-order chi connectivity index (χ1) is 11.6. The van der Waals surface area contributed by atoms with Crippen molar-refractivity contribution in [2.75, 3.05) is 39.3 Å². The number of carbonyl (C=O) groups is 1. The SMILES string of the molecule is Cc1c(C(=O)N2CCC(N3CCNCC3)C2)oc2ccc(Cl)cc12.Cl. The van der Waals surface area contributed by atoms with Gasteiger partial charge in [-0.15, -0.1) is 12.4 Å². The fourth-order valence-corrected chi connectivity index (χ4v) is 3.98. The van der Waals surface area contributed by atoms with Crippen molar-refractivity contribution in [2.24, 2.45) is 0 Å². The Morgan fingerprint density at radius 3 is 2.80 bits per heavy atom. The largest absolute Gasteiger partial charge is 0.451 e. The van der Waals surface area contributed by atoms with E-state index in [1.807, 2.05) is 24.0 Å². The first-order valence-corrected chi connectivity index (χ1v) is 8.94. The van der Waals surface area contributed by atoms with Gasteiger partial charge in [0.05, 0.1) is 0 Å². The minimum Gasteiger partial charge on any atom is -0.451 e. The molecule has 1 N–H and O–H groups in total. The smallest absolute Gasteiger partial charge is 0.289 e. The normalized spacial score (nSPS) is 21.5. The molecule has 2 aliphatic rings. The predicted octanol–water partition coefficient (Wildman–Crippen LogP) is 2.94. The van der Waals surface area contributed by atoms with Gasteiger partial charge in [-0.25, -0.2) is 0 Å². The van der Waals surface area contributed by atoms with Crippen LogP contribution in [0.1, 0.15) is 22.5 Å². The maximum atomic E-state index is 12.9. The van der Waals surface area contributed by atoms with E-state index in [9.17, 15) is 4.79 Å². The highest BCUT2D eigenvalue weighted by atomic mass is 35.5. The molecule has 1 aromatic carbocycles. The molecule has 0 spiro atoms. The molecule has 4 rings (SSSR count). The minimum absolute atomic E-state index is 0. The number of fused-ring (bicyclic) bond motifs is 1. The number of benzene rings is 1. The van der Waals surface area contributed by atoms with Crippen LogP contribution in [-0.4, -0.2) is 61.0 Å². The molecule has 0 saturated carbocycles. The third-order valence-electron chi connectivity index (χ3n) is 5.21. The molecule has 1 unspecified atom stereocenters. The zero-order chi connectivity index (χ0) is 16.7. The molecule has 2 saturated heterocycles. The Hall–Kier alpha value is -1.27. The number of rotatable bonds is 2. The maximum absolute atomic E-state index is 12.9. The van der Waals surface area contributed by atoms with Crippen molar-refractivity contribution in [3.8, 4) is 0 Å². The van der Waals surface area contributed by atoms with Gasteiger partial charge in [0.1, 0.15) is 5.58 Å². The molecule has 0 aliphatic carbocycles. The van der Waals surface area contributed by atoms with Crippen LogP contribution in [0.3, 0.4) is 0 Å². The van der Waals surface area contributed by atoms with E-state index in [0.717, 1.165) is 62.2 Å². The Labute approximate surface area is 158 Å². The number of nitrogens with one attached hydrogen (secondary N) is 1. The third kappa shape index (κ3) is 3.51. The molecule has 3 heterocycles. The first kappa shape index (κ1) is 18.5. The van der Waals surface area contributed by atoms with Crippen LogP contribution in [0.5, 0.6) is 0 Å². The molecule has 1 aromatic heterocycles. The van der Waals surface area contributed by atoms with Crippen LogP contribution in [0.15, 0.2) is 22.6 Å². The summed E-state index contributed by atoms with van der Waals surface area (Å²) in [5.74, 6) is 0.450. The Morgan fingerprint density at radius 1 is 1.28 bits per heavy atom. The van der Waals surface area contributed by atoms with Crippen molar-refractivity contribution in [3.05, 3.63) is 34.5 Å². The third-order valence-corrected chi connectivity index (χ3v) is 5.45. The zero-order valence-electron chi connectivity index (χ0n) is 14.3. The van der Waals surface area contributed by atoms with Crippen molar-refractivity contribution in [2.45, 2.75) is 19.4 Å². The molecule has 0 bridgehead atoms. The first-order valence-electron chi connectivity index (χ1n) is 8.56. The van der Waals surface area contributed by atoms with E-state index in [1.54, 1.807) is 6.07 Å². The number of furan rings is 1. The lowest BCUT2D eigenvalue weighted by Gasteiger charge is -2.32. The molecule has 1 amide bonds. The van der Waals surface area contributed by atoms with E-state index in [-0.39, 0.29) is 18.3 Å². The van der Waals surface area contributed by atoms with Gasteiger partial charge in [-0.1, -0.05) is 11.6 Å². The summed E-state index contributed by atoms with van der Waals surface area (Å²) < 4.78 is 5.84. The summed E-state index contributed by atoms with van der Waals surface area (Å²) in [7, 11) is 0. The van der Waals surface area contributed by atoms with Crippen molar-refractivity contribution in [1.29, 1.82) is 0 Å². The van der Waals surface area contributed by atoms with Crippen LogP contribution in [0, 0.1) is 6.92 Å². The number of likely N-dealkylation sites (tertiary alicyclic amines) is 1. The molecule has 0 radical (unpaired) electrons. The number of amides is 1. The second-order valence-electron chi connectivity index (χ2n) is 6.68. The number of aryl methyl sites for hydroxylation is 1. The summed E-state index contributed by atoms with van der Waals surface area (Å²) in [6.45, 7) is 7.71. The second-order valence-corrected chi connectivity index (χ2v) is 7.11. The molecule has 2 aliphatic heterocycles. The molecule has 2 aromatic rings. The Bertz CT molecular complexity index is 771. The highest BCUT2D eigenvalue weighted by molar-refractivity contribution is 6.31. The average molecular weight is 384 g/mol. The molecular weight excluding hydrogens is 361 g/mol. The standard InChI is InChI=1S/C18H22ClN3O2.ClH/c1-12-15-10-13(19)2-3-16(15)24-17(12)18(23)22-7-4-14(11-22)21-8-5-20-6-9-21;/h2-3,10,14,20H,4-9,11H2,1H3;1H. The molecule has 7 heteroatoms. The molecule has 1 atom stereocenters. The number of halogens is 2.